The Morgan fingerprint density at radius 3 is 2.19 bits per heavy atom. The van der Waals surface area contributed by atoms with Gasteiger partial charge in [-0.25, -0.2) is 0 Å². The highest BCUT2D eigenvalue weighted by Gasteiger charge is 2.23. The van der Waals surface area contributed by atoms with Gasteiger partial charge in [-0.05, 0) is 54.4 Å². The molecule has 0 saturated heterocycles. The fraction of sp³-hybridized carbons (Fsp3) is 0.250. The molecule has 0 saturated carbocycles. The van der Waals surface area contributed by atoms with Crippen molar-refractivity contribution in [3.05, 3.63) is 54.6 Å². The normalized spacial score (nSPS) is 11.2. The van der Waals surface area contributed by atoms with Crippen LogP contribution < -0.4 is 10.1 Å². The zero-order valence-corrected chi connectivity index (χ0v) is 12.1. The van der Waals surface area contributed by atoms with Crippen molar-refractivity contribution in [2.45, 2.75) is 18.2 Å². The summed E-state index contributed by atoms with van der Waals surface area (Å²) >= 11 is 4.84. The third-order valence-electron chi connectivity index (χ3n) is 2.80. The van der Waals surface area contributed by atoms with Crippen LogP contribution >= 0.6 is 11.6 Å². The maximum absolute atomic E-state index is 12.4. The molecule has 21 heavy (non-hydrogen) atoms. The highest BCUT2D eigenvalue weighted by molar-refractivity contribution is 6.21. The van der Waals surface area contributed by atoms with Gasteiger partial charge in [0.25, 0.3) is 0 Å². The number of hydrogen-bond donors (Lipinski definition) is 1. The van der Waals surface area contributed by atoms with Gasteiger partial charge >= 0.3 is 5.38 Å². The largest absolute Gasteiger partial charge is 0.457 e. The quantitative estimate of drug-likeness (QED) is 0.538. The van der Waals surface area contributed by atoms with Crippen LogP contribution in [0.25, 0.3) is 0 Å². The van der Waals surface area contributed by atoms with Crippen molar-refractivity contribution < 1.29 is 13.5 Å². The molecule has 0 heterocycles. The predicted octanol–water partition coefficient (Wildman–Crippen LogP) is 5.50. The van der Waals surface area contributed by atoms with E-state index in [0.29, 0.717) is 13.0 Å². The average Bonchev–Trinajstić information content (AvgIpc) is 2.45. The molecule has 0 aliphatic heterocycles. The summed E-state index contributed by atoms with van der Waals surface area (Å²) in [6.07, 6.45) is -0.0322. The van der Waals surface area contributed by atoms with Crippen molar-refractivity contribution in [3.63, 3.8) is 0 Å². The summed E-state index contributed by atoms with van der Waals surface area (Å²) in [5, 5.41) is -0.0552. The number of para-hydroxylation sites is 1. The molecule has 0 unspecified atom stereocenters. The number of anilines is 1. The molecule has 2 nitrogen and oxygen atoms in total. The molecule has 0 atom stereocenters. The molecule has 0 amide bonds. The summed E-state index contributed by atoms with van der Waals surface area (Å²) in [6, 6.07) is 16.8. The van der Waals surface area contributed by atoms with Crippen LogP contribution in [-0.4, -0.2) is 11.9 Å². The molecule has 0 aromatic heterocycles. The molecular formula is C16H16ClF2NO. The van der Waals surface area contributed by atoms with Crippen LogP contribution in [0.1, 0.15) is 12.8 Å². The lowest BCUT2D eigenvalue weighted by molar-refractivity contribution is 0.0848. The van der Waals surface area contributed by atoms with Crippen molar-refractivity contribution in [2.24, 2.45) is 0 Å². The summed E-state index contributed by atoms with van der Waals surface area (Å²) in [4.78, 5) is 0. The number of rotatable bonds is 7. The standard InChI is InChI=1S/C16H16ClF2NO/c17-16(18,19)11-4-12-20-13-7-9-15(10-8-13)21-14-5-2-1-3-6-14/h1-3,5-10,20H,4,11-12H2. The van der Waals surface area contributed by atoms with E-state index >= 15 is 0 Å². The predicted molar refractivity (Wildman–Crippen MR) is 81.5 cm³/mol. The highest BCUT2D eigenvalue weighted by atomic mass is 35.5. The number of halogens is 3. The van der Waals surface area contributed by atoms with Crippen LogP contribution in [0.5, 0.6) is 11.5 Å². The molecule has 0 aliphatic carbocycles. The van der Waals surface area contributed by atoms with Gasteiger partial charge < -0.3 is 10.1 Å². The number of ether oxygens (including phenoxy) is 1. The molecular weight excluding hydrogens is 296 g/mol. The van der Waals surface area contributed by atoms with Gasteiger partial charge in [-0.2, -0.15) is 8.78 Å². The highest BCUT2D eigenvalue weighted by Crippen LogP contribution is 2.25. The lowest BCUT2D eigenvalue weighted by Crippen LogP contribution is -2.09. The lowest BCUT2D eigenvalue weighted by Gasteiger charge is -2.10. The Bertz CT molecular complexity index is 540. The molecule has 0 spiro atoms. The minimum atomic E-state index is -3.12. The van der Waals surface area contributed by atoms with Crippen LogP contribution in [0.15, 0.2) is 54.6 Å². The average molecular weight is 312 g/mol. The molecule has 112 valence electrons. The van der Waals surface area contributed by atoms with Gasteiger partial charge in [0.1, 0.15) is 11.5 Å². The van der Waals surface area contributed by atoms with Gasteiger partial charge in [0.2, 0.25) is 0 Å². The Morgan fingerprint density at radius 1 is 0.952 bits per heavy atom. The smallest absolute Gasteiger partial charge is 0.321 e. The zero-order chi connectivity index (χ0) is 15.1. The fourth-order valence-corrected chi connectivity index (χ4v) is 1.92. The summed E-state index contributed by atoms with van der Waals surface area (Å²) in [5.41, 5.74) is 0.855. The van der Waals surface area contributed by atoms with Crippen molar-refractivity contribution in [3.8, 4) is 11.5 Å². The SMILES string of the molecule is FC(F)(Cl)CCCNc1ccc(Oc2ccccc2)cc1. The third kappa shape index (κ3) is 6.00. The molecule has 0 fully saturated rings. The molecule has 0 radical (unpaired) electrons. The maximum Gasteiger partial charge on any atom is 0.321 e. The first-order chi connectivity index (χ1) is 10.0. The van der Waals surface area contributed by atoms with E-state index in [1.54, 1.807) is 0 Å². The second kappa shape index (κ2) is 7.27. The van der Waals surface area contributed by atoms with E-state index in [1.165, 1.54) is 0 Å². The molecule has 2 aromatic carbocycles. The first kappa shape index (κ1) is 15.6. The molecule has 5 heteroatoms. The summed E-state index contributed by atoms with van der Waals surface area (Å²) < 4.78 is 30.5. The first-order valence-electron chi connectivity index (χ1n) is 6.66. The molecule has 2 aromatic rings. The van der Waals surface area contributed by atoms with Gasteiger partial charge in [-0.1, -0.05) is 18.2 Å². The second-order valence-electron chi connectivity index (χ2n) is 4.58. The van der Waals surface area contributed by atoms with Crippen molar-refractivity contribution >= 4 is 17.3 Å². The molecule has 1 N–H and O–H groups in total. The lowest BCUT2D eigenvalue weighted by atomic mass is 10.2. The van der Waals surface area contributed by atoms with Crippen LogP contribution in [-0.2, 0) is 0 Å². The third-order valence-corrected chi connectivity index (χ3v) is 2.99. The van der Waals surface area contributed by atoms with Crippen LogP contribution in [0.2, 0.25) is 0 Å². The van der Waals surface area contributed by atoms with Gasteiger partial charge in [-0.3, -0.25) is 0 Å². The Morgan fingerprint density at radius 2 is 1.57 bits per heavy atom. The van der Waals surface area contributed by atoms with E-state index in [2.05, 4.69) is 5.32 Å². The summed E-state index contributed by atoms with van der Waals surface area (Å²) in [7, 11) is 0. The van der Waals surface area contributed by atoms with Crippen LogP contribution in [0.3, 0.4) is 0 Å². The Labute approximate surface area is 127 Å². The Balaban J connectivity index is 1.79. The van der Waals surface area contributed by atoms with E-state index in [4.69, 9.17) is 16.3 Å². The molecule has 0 aliphatic rings. The summed E-state index contributed by atoms with van der Waals surface area (Å²) in [6.45, 7) is 0.446. The maximum atomic E-state index is 12.4. The molecule has 0 bridgehead atoms. The number of alkyl halides is 3. The van der Waals surface area contributed by atoms with E-state index in [-0.39, 0.29) is 6.42 Å². The second-order valence-corrected chi connectivity index (χ2v) is 5.14. The van der Waals surface area contributed by atoms with Crippen LogP contribution in [0.4, 0.5) is 14.5 Å². The first-order valence-corrected chi connectivity index (χ1v) is 7.04. The van der Waals surface area contributed by atoms with Gasteiger partial charge in [0.15, 0.2) is 0 Å². The number of benzene rings is 2. The zero-order valence-electron chi connectivity index (χ0n) is 11.4. The monoisotopic (exact) mass is 311 g/mol. The van der Waals surface area contributed by atoms with E-state index in [0.717, 1.165) is 17.2 Å². The van der Waals surface area contributed by atoms with Gasteiger partial charge in [-0.15, -0.1) is 0 Å². The number of hydrogen-bond acceptors (Lipinski definition) is 2. The van der Waals surface area contributed by atoms with Gasteiger partial charge in [0, 0.05) is 18.7 Å². The van der Waals surface area contributed by atoms with E-state index < -0.39 is 5.38 Å². The van der Waals surface area contributed by atoms with E-state index in [1.807, 2.05) is 54.6 Å². The van der Waals surface area contributed by atoms with E-state index in [9.17, 15) is 8.78 Å². The minimum Gasteiger partial charge on any atom is -0.457 e. The van der Waals surface area contributed by atoms with Crippen LogP contribution in [0, 0.1) is 0 Å². The van der Waals surface area contributed by atoms with Crippen molar-refractivity contribution in [1.29, 1.82) is 0 Å². The van der Waals surface area contributed by atoms with Crippen molar-refractivity contribution in [2.75, 3.05) is 11.9 Å². The topological polar surface area (TPSA) is 21.3 Å². The Kier molecular flexibility index (Phi) is 5.39. The summed E-state index contributed by atoms with van der Waals surface area (Å²) in [5.74, 6) is 1.49. The fourth-order valence-electron chi connectivity index (χ4n) is 1.79. The van der Waals surface area contributed by atoms with Crippen molar-refractivity contribution in [1.82, 2.24) is 0 Å². The minimum absolute atomic E-state index is 0.304. The molecule has 2 rings (SSSR count). The number of nitrogens with one attached hydrogen (secondary N) is 1. The Hall–Kier alpha value is -1.81. The van der Waals surface area contributed by atoms with Gasteiger partial charge in [0.05, 0.1) is 0 Å².